The standard InChI is InChI=1S/C13H11ClN2O2/c1-7-3-4-8(2)9(5-7)10-6-11(12(17)18)16-13(14)15-10/h3-6H,1-2H3,(H,17,18). The Kier molecular flexibility index (Phi) is 3.30. The minimum absolute atomic E-state index is 0.0641. The number of nitrogens with zero attached hydrogens (tertiary/aromatic N) is 2. The van der Waals surface area contributed by atoms with Crippen LogP contribution in [0.5, 0.6) is 0 Å². The Bertz CT molecular complexity index is 626. The van der Waals surface area contributed by atoms with E-state index < -0.39 is 5.97 Å². The fourth-order valence-corrected chi connectivity index (χ4v) is 1.86. The van der Waals surface area contributed by atoms with Crippen molar-refractivity contribution in [2.75, 3.05) is 0 Å². The lowest BCUT2D eigenvalue weighted by Gasteiger charge is -2.07. The van der Waals surface area contributed by atoms with Gasteiger partial charge in [-0.2, -0.15) is 0 Å². The van der Waals surface area contributed by atoms with E-state index in [0.717, 1.165) is 16.7 Å². The highest BCUT2D eigenvalue weighted by molar-refractivity contribution is 6.28. The van der Waals surface area contributed by atoms with Crippen molar-refractivity contribution in [1.29, 1.82) is 0 Å². The number of hydrogen-bond acceptors (Lipinski definition) is 3. The molecular formula is C13H11ClN2O2. The maximum Gasteiger partial charge on any atom is 0.354 e. The van der Waals surface area contributed by atoms with Gasteiger partial charge in [-0.05, 0) is 43.1 Å². The molecule has 0 unspecified atom stereocenters. The molecule has 2 aromatic rings. The van der Waals surface area contributed by atoms with Crippen LogP contribution >= 0.6 is 11.6 Å². The maximum atomic E-state index is 10.9. The Morgan fingerprint density at radius 1 is 1.22 bits per heavy atom. The Balaban J connectivity index is 2.63. The fourth-order valence-electron chi connectivity index (χ4n) is 1.68. The molecule has 1 aromatic carbocycles. The number of aromatic carboxylic acids is 1. The molecule has 0 amide bonds. The smallest absolute Gasteiger partial charge is 0.354 e. The molecule has 18 heavy (non-hydrogen) atoms. The lowest BCUT2D eigenvalue weighted by atomic mass is 10.0. The number of carboxylic acids is 1. The first-order chi connectivity index (χ1) is 8.47. The van der Waals surface area contributed by atoms with Gasteiger partial charge in [0.25, 0.3) is 0 Å². The molecular weight excluding hydrogens is 252 g/mol. The summed E-state index contributed by atoms with van der Waals surface area (Å²) in [5.41, 5.74) is 3.36. The van der Waals surface area contributed by atoms with E-state index in [-0.39, 0.29) is 11.0 Å². The Morgan fingerprint density at radius 3 is 2.61 bits per heavy atom. The molecule has 2 rings (SSSR count). The third kappa shape index (κ3) is 2.49. The summed E-state index contributed by atoms with van der Waals surface area (Å²) in [7, 11) is 0. The summed E-state index contributed by atoms with van der Waals surface area (Å²) < 4.78 is 0. The van der Waals surface area contributed by atoms with E-state index in [0.29, 0.717) is 5.69 Å². The van der Waals surface area contributed by atoms with Crippen molar-refractivity contribution in [2.24, 2.45) is 0 Å². The maximum absolute atomic E-state index is 10.9. The van der Waals surface area contributed by atoms with Crippen molar-refractivity contribution in [3.8, 4) is 11.3 Å². The normalized spacial score (nSPS) is 10.4. The van der Waals surface area contributed by atoms with Crippen molar-refractivity contribution in [1.82, 2.24) is 9.97 Å². The van der Waals surface area contributed by atoms with E-state index >= 15 is 0 Å². The third-order valence-corrected chi connectivity index (χ3v) is 2.76. The molecule has 1 aromatic heterocycles. The lowest BCUT2D eigenvalue weighted by Crippen LogP contribution is -2.03. The molecule has 1 heterocycles. The average Bonchev–Trinajstić information content (AvgIpc) is 2.31. The molecule has 0 aliphatic carbocycles. The summed E-state index contributed by atoms with van der Waals surface area (Å²) in [5.74, 6) is -1.12. The first-order valence-corrected chi connectivity index (χ1v) is 5.70. The number of carboxylic acid groups (broad SMARTS) is 1. The zero-order valence-corrected chi connectivity index (χ0v) is 10.7. The predicted octanol–water partition coefficient (Wildman–Crippen LogP) is 3.11. The number of halogens is 1. The van der Waals surface area contributed by atoms with Crippen molar-refractivity contribution in [2.45, 2.75) is 13.8 Å². The molecule has 0 bridgehead atoms. The van der Waals surface area contributed by atoms with Crippen LogP contribution in [0.2, 0.25) is 5.28 Å². The summed E-state index contributed by atoms with van der Waals surface area (Å²) in [6, 6.07) is 7.32. The van der Waals surface area contributed by atoms with Gasteiger partial charge in [0.15, 0.2) is 5.69 Å². The summed E-state index contributed by atoms with van der Waals surface area (Å²) in [6.45, 7) is 3.90. The first-order valence-electron chi connectivity index (χ1n) is 5.33. The second kappa shape index (κ2) is 4.74. The van der Waals surface area contributed by atoms with E-state index in [4.69, 9.17) is 16.7 Å². The van der Waals surface area contributed by atoms with E-state index in [1.54, 1.807) is 0 Å². The summed E-state index contributed by atoms with van der Waals surface area (Å²) >= 11 is 5.75. The van der Waals surface area contributed by atoms with Crippen LogP contribution in [0.4, 0.5) is 0 Å². The third-order valence-electron chi connectivity index (χ3n) is 2.59. The highest BCUT2D eigenvalue weighted by Crippen LogP contribution is 2.24. The van der Waals surface area contributed by atoms with Gasteiger partial charge in [-0.1, -0.05) is 17.7 Å². The minimum atomic E-state index is -1.12. The SMILES string of the molecule is Cc1ccc(C)c(-c2cc(C(=O)O)nc(Cl)n2)c1. The van der Waals surface area contributed by atoms with E-state index in [2.05, 4.69) is 9.97 Å². The van der Waals surface area contributed by atoms with Gasteiger partial charge < -0.3 is 5.11 Å². The second-order valence-electron chi connectivity index (χ2n) is 4.03. The Labute approximate surface area is 109 Å². The van der Waals surface area contributed by atoms with E-state index in [1.807, 2.05) is 32.0 Å². The summed E-state index contributed by atoms with van der Waals surface area (Å²) in [4.78, 5) is 18.7. The fraction of sp³-hybridized carbons (Fsp3) is 0.154. The first kappa shape index (κ1) is 12.5. The Morgan fingerprint density at radius 2 is 1.94 bits per heavy atom. The van der Waals surface area contributed by atoms with Crippen LogP contribution in [-0.4, -0.2) is 21.0 Å². The predicted molar refractivity (Wildman–Crippen MR) is 68.9 cm³/mol. The van der Waals surface area contributed by atoms with Crippen LogP contribution in [0.25, 0.3) is 11.3 Å². The molecule has 1 N–H and O–H groups in total. The van der Waals surface area contributed by atoms with Crippen LogP contribution in [0.15, 0.2) is 24.3 Å². The number of rotatable bonds is 2. The van der Waals surface area contributed by atoms with Crippen LogP contribution < -0.4 is 0 Å². The highest BCUT2D eigenvalue weighted by atomic mass is 35.5. The topological polar surface area (TPSA) is 63.1 Å². The molecule has 0 saturated carbocycles. The molecule has 0 spiro atoms. The van der Waals surface area contributed by atoms with Gasteiger partial charge in [-0.3, -0.25) is 0 Å². The van der Waals surface area contributed by atoms with Gasteiger partial charge in [0, 0.05) is 5.56 Å². The molecule has 0 fully saturated rings. The molecule has 4 nitrogen and oxygen atoms in total. The summed E-state index contributed by atoms with van der Waals surface area (Å²) in [6.07, 6.45) is 0. The zero-order valence-electron chi connectivity index (χ0n) is 9.94. The number of carbonyl (C=O) groups is 1. The Hall–Kier alpha value is -1.94. The molecule has 0 saturated heterocycles. The minimum Gasteiger partial charge on any atom is -0.477 e. The van der Waals surface area contributed by atoms with Gasteiger partial charge in [0.2, 0.25) is 5.28 Å². The van der Waals surface area contributed by atoms with Gasteiger partial charge in [0.1, 0.15) is 0 Å². The van der Waals surface area contributed by atoms with Gasteiger partial charge in [-0.25, -0.2) is 14.8 Å². The molecule has 0 aliphatic heterocycles. The van der Waals surface area contributed by atoms with E-state index in [9.17, 15) is 4.79 Å². The number of aromatic nitrogens is 2. The number of hydrogen-bond donors (Lipinski definition) is 1. The van der Waals surface area contributed by atoms with Crippen molar-refractivity contribution < 1.29 is 9.90 Å². The molecule has 92 valence electrons. The number of aryl methyl sites for hydroxylation is 2. The quantitative estimate of drug-likeness (QED) is 0.845. The monoisotopic (exact) mass is 262 g/mol. The lowest BCUT2D eigenvalue weighted by molar-refractivity contribution is 0.0690. The highest BCUT2D eigenvalue weighted by Gasteiger charge is 2.12. The number of benzene rings is 1. The van der Waals surface area contributed by atoms with Gasteiger partial charge in [-0.15, -0.1) is 0 Å². The molecule has 0 radical (unpaired) electrons. The van der Waals surface area contributed by atoms with Crippen LogP contribution in [-0.2, 0) is 0 Å². The summed E-state index contributed by atoms with van der Waals surface area (Å²) in [5, 5.41) is 8.89. The van der Waals surface area contributed by atoms with Gasteiger partial charge in [0.05, 0.1) is 5.69 Å². The molecule has 5 heteroatoms. The van der Waals surface area contributed by atoms with Crippen LogP contribution in [0.1, 0.15) is 21.6 Å². The van der Waals surface area contributed by atoms with Crippen LogP contribution in [0.3, 0.4) is 0 Å². The van der Waals surface area contributed by atoms with Crippen molar-refractivity contribution >= 4 is 17.6 Å². The molecule has 0 aliphatic rings. The van der Waals surface area contributed by atoms with E-state index in [1.165, 1.54) is 6.07 Å². The largest absolute Gasteiger partial charge is 0.477 e. The van der Waals surface area contributed by atoms with Crippen molar-refractivity contribution in [3.63, 3.8) is 0 Å². The zero-order chi connectivity index (χ0) is 13.3. The van der Waals surface area contributed by atoms with Gasteiger partial charge >= 0.3 is 5.97 Å². The molecule has 0 atom stereocenters. The van der Waals surface area contributed by atoms with Crippen LogP contribution in [0, 0.1) is 13.8 Å². The average molecular weight is 263 g/mol. The van der Waals surface area contributed by atoms with Crippen molar-refractivity contribution in [3.05, 3.63) is 46.4 Å². The second-order valence-corrected chi connectivity index (χ2v) is 4.37.